The van der Waals surface area contributed by atoms with Crippen molar-refractivity contribution in [3.63, 3.8) is 0 Å². The Bertz CT molecular complexity index is 659. The molecule has 2 aromatic rings. The van der Waals surface area contributed by atoms with Crippen LogP contribution in [0.25, 0.3) is 10.9 Å². The first kappa shape index (κ1) is 10.1. The van der Waals surface area contributed by atoms with Crippen molar-refractivity contribution in [3.8, 4) is 0 Å². The first-order chi connectivity index (χ1) is 7.00. The van der Waals surface area contributed by atoms with E-state index in [-0.39, 0.29) is 10.9 Å². The van der Waals surface area contributed by atoms with E-state index in [4.69, 9.17) is 0 Å². The zero-order chi connectivity index (χ0) is 11.2. The summed E-state index contributed by atoms with van der Waals surface area (Å²) < 4.78 is 13.9. The first-order valence-corrected chi connectivity index (χ1v) is 4.91. The van der Waals surface area contributed by atoms with Gasteiger partial charge in [-0.3, -0.25) is 9.78 Å². The highest BCUT2D eigenvalue weighted by Gasteiger charge is 2.11. The summed E-state index contributed by atoms with van der Waals surface area (Å²) in [4.78, 5) is 26.7. The highest BCUT2D eigenvalue weighted by atomic mass is 79.9. The van der Waals surface area contributed by atoms with Gasteiger partial charge in [-0.15, -0.1) is 0 Å². The molecule has 1 aromatic heterocycles. The number of halogens is 2. The van der Waals surface area contributed by atoms with E-state index in [0.29, 0.717) is 10.0 Å². The lowest BCUT2D eigenvalue weighted by Gasteiger charge is -2.03. The minimum Gasteiger partial charge on any atom is -0.304 e. The second-order valence-electron chi connectivity index (χ2n) is 3.15. The Kier molecular flexibility index (Phi) is 2.22. The van der Waals surface area contributed by atoms with Crippen LogP contribution in [-0.4, -0.2) is 9.97 Å². The van der Waals surface area contributed by atoms with Crippen molar-refractivity contribution < 1.29 is 4.39 Å². The van der Waals surface area contributed by atoms with Gasteiger partial charge in [0.05, 0.1) is 10.9 Å². The molecule has 1 aromatic carbocycles. The molecular formula is C9H6BrFN2O2. The Hall–Kier alpha value is -1.43. The normalized spacial score (nSPS) is 10.9. The lowest BCUT2D eigenvalue weighted by atomic mass is 10.1. The second-order valence-corrected chi connectivity index (χ2v) is 3.94. The van der Waals surface area contributed by atoms with Gasteiger partial charge in [0.1, 0.15) is 5.82 Å². The summed E-state index contributed by atoms with van der Waals surface area (Å²) in [6.45, 7) is 1.66. The fraction of sp³-hybridized carbons (Fsp3) is 0.111. The molecule has 0 atom stereocenters. The van der Waals surface area contributed by atoms with Crippen LogP contribution in [-0.2, 0) is 0 Å². The summed E-state index contributed by atoms with van der Waals surface area (Å²) in [5, 5.41) is 0.118. The monoisotopic (exact) mass is 272 g/mol. The van der Waals surface area contributed by atoms with E-state index < -0.39 is 17.1 Å². The van der Waals surface area contributed by atoms with Crippen molar-refractivity contribution in [1.29, 1.82) is 0 Å². The summed E-state index contributed by atoms with van der Waals surface area (Å²) >= 11 is 3.18. The van der Waals surface area contributed by atoms with E-state index in [9.17, 15) is 14.0 Å². The van der Waals surface area contributed by atoms with Crippen LogP contribution in [0.2, 0.25) is 0 Å². The topological polar surface area (TPSA) is 65.7 Å². The van der Waals surface area contributed by atoms with Gasteiger partial charge in [-0.25, -0.2) is 9.18 Å². The number of aryl methyl sites for hydroxylation is 1. The van der Waals surface area contributed by atoms with Crippen molar-refractivity contribution in [1.82, 2.24) is 9.97 Å². The number of benzene rings is 1. The number of aromatic amines is 2. The standard InChI is InChI=1S/C9H6BrFN2O2/c1-3-2-4(11)7-5(6(3)10)8(14)13-9(15)12-7/h2H,1H3,(H2,12,13,14,15). The molecule has 6 heteroatoms. The van der Waals surface area contributed by atoms with Crippen LogP contribution >= 0.6 is 15.9 Å². The number of nitrogens with one attached hydrogen (secondary N) is 2. The Morgan fingerprint density at radius 1 is 1.33 bits per heavy atom. The quantitative estimate of drug-likeness (QED) is 0.762. The van der Waals surface area contributed by atoms with E-state index in [0.717, 1.165) is 0 Å². The SMILES string of the molecule is Cc1cc(F)c2[nH]c(=O)[nH]c(=O)c2c1Br. The Morgan fingerprint density at radius 3 is 2.67 bits per heavy atom. The number of aromatic nitrogens is 2. The molecule has 0 aliphatic heterocycles. The molecule has 2 N–H and O–H groups in total. The van der Waals surface area contributed by atoms with Gasteiger partial charge in [0.25, 0.3) is 5.56 Å². The van der Waals surface area contributed by atoms with Gasteiger partial charge in [0.15, 0.2) is 0 Å². The van der Waals surface area contributed by atoms with Gasteiger partial charge < -0.3 is 4.98 Å². The molecule has 0 unspecified atom stereocenters. The Balaban J connectivity index is 3.17. The van der Waals surface area contributed by atoms with Gasteiger partial charge >= 0.3 is 5.69 Å². The molecule has 78 valence electrons. The molecule has 0 amide bonds. The van der Waals surface area contributed by atoms with Gasteiger partial charge in [-0.2, -0.15) is 0 Å². The maximum Gasteiger partial charge on any atom is 0.326 e. The summed E-state index contributed by atoms with van der Waals surface area (Å²) in [7, 11) is 0. The predicted octanol–water partition coefficient (Wildman–Crippen LogP) is 1.43. The van der Waals surface area contributed by atoms with Crippen LogP contribution in [0.3, 0.4) is 0 Å². The third kappa shape index (κ3) is 1.50. The van der Waals surface area contributed by atoms with Crippen LogP contribution in [0, 0.1) is 12.7 Å². The molecule has 0 aliphatic rings. The second kappa shape index (κ2) is 3.30. The Morgan fingerprint density at radius 2 is 2.00 bits per heavy atom. The Labute approximate surface area is 91.3 Å². The molecule has 0 radical (unpaired) electrons. The molecule has 0 bridgehead atoms. The van der Waals surface area contributed by atoms with Crippen LogP contribution in [0.4, 0.5) is 4.39 Å². The largest absolute Gasteiger partial charge is 0.326 e. The van der Waals surface area contributed by atoms with Crippen LogP contribution in [0.1, 0.15) is 5.56 Å². The maximum absolute atomic E-state index is 13.4. The molecule has 0 aliphatic carbocycles. The van der Waals surface area contributed by atoms with Gasteiger partial charge in [-0.1, -0.05) is 0 Å². The average Bonchev–Trinajstić information content (AvgIpc) is 2.13. The molecule has 15 heavy (non-hydrogen) atoms. The molecule has 4 nitrogen and oxygen atoms in total. The third-order valence-corrected chi connectivity index (χ3v) is 3.11. The van der Waals surface area contributed by atoms with Gasteiger partial charge in [0, 0.05) is 4.47 Å². The van der Waals surface area contributed by atoms with Gasteiger partial charge in [0.2, 0.25) is 0 Å². The van der Waals surface area contributed by atoms with E-state index >= 15 is 0 Å². The first-order valence-electron chi connectivity index (χ1n) is 4.11. The van der Waals surface area contributed by atoms with Crippen molar-refractivity contribution in [2.24, 2.45) is 0 Å². The minimum absolute atomic E-state index is 0.0822. The maximum atomic E-state index is 13.4. The van der Waals surface area contributed by atoms with E-state index in [1.165, 1.54) is 6.07 Å². The van der Waals surface area contributed by atoms with E-state index in [1.54, 1.807) is 6.92 Å². The summed E-state index contributed by atoms with van der Waals surface area (Å²) in [6, 6.07) is 1.25. The molecule has 0 fully saturated rings. The van der Waals surface area contributed by atoms with E-state index in [1.807, 2.05) is 4.98 Å². The van der Waals surface area contributed by atoms with Crippen molar-refractivity contribution in [3.05, 3.63) is 42.8 Å². The predicted molar refractivity (Wildman–Crippen MR) is 57.6 cm³/mol. The van der Waals surface area contributed by atoms with Crippen molar-refractivity contribution in [2.75, 3.05) is 0 Å². The average molecular weight is 273 g/mol. The van der Waals surface area contributed by atoms with Crippen molar-refractivity contribution in [2.45, 2.75) is 6.92 Å². The number of hydrogen-bond acceptors (Lipinski definition) is 2. The van der Waals surface area contributed by atoms with Crippen LogP contribution in [0.5, 0.6) is 0 Å². The number of H-pyrrole nitrogens is 2. The number of hydrogen-bond donors (Lipinski definition) is 2. The molecule has 2 rings (SSSR count). The van der Waals surface area contributed by atoms with Crippen LogP contribution < -0.4 is 11.2 Å². The highest BCUT2D eigenvalue weighted by molar-refractivity contribution is 9.10. The van der Waals surface area contributed by atoms with Crippen molar-refractivity contribution >= 4 is 26.8 Å². The molecule has 1 heterocycles. The number of rotatable bonds is 0. The van der Waals surface area contributed by atoms with Gasteiger partial charge in [-0.05, 0) is 34.5 Å². The lowest BCUT2D eigenvalue weighted by molar-refractivity contribution is 0.634. The smallest absolute Gasteiger partial charge is 0.304 e. The summed E-state index contributed by atoms with van der Waals surface area (Å²) in [6.07, 6.45) is 0. The lowest BCUT2D eigenvalue weighted by Crippen LogP contribution is -2.22. The summed E-state index contributed by atoms with van der Waals surface area (Å²) in [5.74, 6) is -0.617. The fourth-order valence-corrected chi connectivity index (χ4v) is 1.89. The fourth-order valence-electron chi connectivity index (χ4n) is 1.40. The number of fused-ring (bicyclic) bond motifs is 1. The summed E-state index contributed by atoms with van der Waals surface area (Å²) in [5.41, 5.74) is -0.816. The minimum atomic E-state index is -0.720. The highest BCUT2D eigenvalue weighted by Crippen LogP contribution is 2.24. The zero-order valence-corrected chi connectivity index (χ0v) is 9.24. The zero-order valence-electron chi connectivity index (χ0n) is 7.65. The molecule has 0 saturated heterocycles. The van der Waals surface area contributed by atoms with Crippen LogP contribution in [0.15, 0.2) is 20.1 Å². The molecule has 0 spiro atoms. The molecule has 0 saturated carbocycles. The third-order valence-electron chi connectivity index (χ3n) is 2.09. The van der Waals surface area contributed by atoms with E-state index in [2.05, 4.69) is 20.9 Å². The molecular weight excluding hydrogens is 267 g/mol.